The Balaban J connectivity index is 1.56. The first-order valence-electron chi connectivity index (χ1n) is 10.1. The van der Waals surface area contributed by atoms with Crippen molar-refractivity contribution in [2.45, 2.75) is 83.7 Å². The topological polar surface area (TPSA) is 78.1 Å². The summed E-state index contributed by atoms with van der Waals surface area (Å²) in [6.45, 7) is 5.64. The summed E-state index contributed by atoms with van der Waals surface area (Å²) in [5.74, 6) is 0.514. The molecule has 0 aromatic carbocycles. The molecule has 144 valence electrons. The van der Waals surface area contributed by atoms with E-state index in [2.05, 4.69) is 20.2 Å². The van der Waals surface area contributed by atoms with E-state index in [4.69, 9.17) is 0 Å². The molecule has 0 spiro atoms. The van der Waals surface area contributed by atoms with Crippen molar-refractivity contribution in [3.63, 3.8) is 0 Å². The van der Waals surface area contributed by atoms with E-state index >= 15 is 0 Å². The normalized spacial score (nSPS) is 22.8. The van der Waals surface area contributed by atoms with Crippen LogP contribution in [0.5, 0.6) is 0 Å². The monoisotopic (exact) mass is 360 g/mol. The molecular formula is C20H32N4O2. The summed E-state index contributed by atoms with van der Waals surface area (Å²) in [5, 5.41) is 3.16. The predicted molar refractivity (Wildman–Crippen MR) is 102 cm³/mol. The highest BCUT2D eigenvalue weighted by Crippen LogP contribution is 2.24. The first kappa shape index (κ1) is 19.1. The zero-order chi connectivity index (χ0) is 18.5. The molecule has 6 heteroatoms. The highest BCUT2D eigenvalue weighted by atomic mass is 16.2. The van der Waals surface area contributed by atoms with Gasteiger partial charge < -0.3 is 10.3 Å². The Kier molecular flexibility index (Phi) is 6.46. The number of nitrogens with zero attached hydrogens (tertiary/aromatic N) is 2. The lowest BCUT2D eigenvalue weighted by atomic mass is 9.99. The molecule has 0 radical (unpaired) electrons. The number of aromatic amines is 1. The van der Waals surface area contributed by atoms with Gasteiger partial charge in [-0.25, -0.2) is 4.98 Å². The van der Waals surface area contributed by atoms with Crippen molar-refractivity contribution in [1.29, 1.82) is 0 Å². The molecule has 1 saturated carbocycles. The first-order chi connectivity index (χ1) is 12.5. The molecule has 2 fully saturated rings. The predicted octanol–water partition coefficient (Wildman–Crippen LogP) is 2.23. The molecule has 1 unspecified atom stereocenters. The summed E-state index contributed by atoms with van der Waals surface area (Å²) in [6, 6.07) is 0.876. The van der Waals surface area contributed by atoms with Crippen molar-refractivity contribution >= 4 is 5.91 Å². The zero-order valence-corrected chi connectivity index (χ0v) is 16.1. The molecule has 1 amide bonds. The molecule has 2 aliphatic rings. The van der Waals surface area contributed by atoms with Crippen LogP contribution >= 0.6 is 0 Å². The lowest BCUT2D eigenvalue weighted by Crippen LogP contribution is -2.51. The maximum absolute atomic E-state index is 12.5. The number of piperidine rings is 1. The van der Waals surface area contributed by atoms with Gasteiger partial charge in [-0.2, -0.15) is 0 Å². The van der Waals surface area contributed by atoms with Gasteiger partial charge in [0.05, 0.1) is 6.42 Å². The minimum Gasteiger partial charge on any atom is -0.352 e. The Hall–Kier alpha value is -1.69. The number of amides is 1. The first-order valence-corrected chi connectivity index (χ1v) is 10.1. The largest absolute Gasteiger partial charge is 0.352 e. The number of carbonyl (C=O) groups excluding carboxylic acids is 1. The molecule has 1 atom stereocenters. The van der Waals surface area contributed by atoms with Gasteiger partial charge in [0.2, 0.25) is 5.91 Å². The lowest BCUT2D eigenvalue weighted by Gasteiger charge is -2.38. The van der Waals surface area contributed by atoms with Gasteiger partial charge in [-0.05, 0) is 46.1 Å². The van der Waals surface area contributed by atoms with Gasteiger partial charge in [-0.3, -0.25) is 14.5 Å². The third-order valence-electron chi connectivity index (χ3n) is 5.84. The maximum Gasteiger partial charge on any atom is 0.254 e. The Morgan fingerprint density at radius 3 is 2.58 bits per heavy atom. The molecule has 0 bridgehead atoms. The van der Waals surface area contributed by atoms with Crippen LogP contribution in [0.1, 0.15) is 68.4 Å². The molecule has 3 rings (SSSR count). The minimum absolute atomic E-state index is 0.0723. The van der Waals surface area contributed by atoms with E-state index in [9.17, 15) is 9.59 Å². The summed E-state index contributed by atoms with van der Waals surface area (Å²) in [7, 11) is 0. The molecule has 1 aromatic heterocycles. The van der Waals surface area contributed by atoms with Crippen molar-refractivity contribution in [2.75, 3.05) is 13.1 Å². The van der Waals surface area contributed by atoms with Gasteiger partial charge in [0, 0.05) is 29.9 Å². The fourth-order valence-corrected chi connectivity index (χ4v) is 4.48. The van der Waals surface area contributed by atoms with Gasteiger partial charge in [-0.15, -0.1) is 0 Å². The van der Waals surface area contributed by atoms with Crippen molar-refractivity contribution in [3.05, 3.63) is 27.4 Å². The Bertz CT molecular complexity index is 677. The van der Waals surface area contributed by atoms with Crippen LogP contribution in [0.15, 0.2) is 4.79 Å². The average Bonchev–Trinajstić information content (AvgIpc) is 2.88. The summed E-state index contributed by atoms with van der Waals surface area (Å²) in [6.07, 6.45) is 10.2. The SMILES string of the molecule is Cc1nc(C)c(CC(=O)NC2CCCN(C3CCCCCC3)C2)c(=O)[nH]1. The fourth-order valence-electron chi connectivity index (χ4n) is 4.48. The second kappa shape index (κ2) is 8.80. The quantitative estimate of drug-likeness (QED) is 0.807. The molecule has 2 heterocycles. The molecule has 1 saturated heterocycles. The van der Waals surface area contributed by atoms with Crippen LogP contribution < -0.4 is 10.9 Å². The molecule has 1 aromatic rings. The van der Waals surface area contributed by atoms with E-state index in [1.807, 2.05) is 0 Å². The summed E-state index contributed by atoms with van der Waals surface area (Å²) in [4.78, 5) is 34.1. The number of aromatic nitrogens is 2. The summed E-state index contributed by atoms with van der Waals surface area (Å²) >= 11 is 0. The van der Waals surface area contributed by atoms with E-state index in [0.717, 1.165) is 25.9 Å². The van der Waals surface area contributed by atoms with Crippen molar-refractivity contribution in [1.82, 2.24) is 20.2 Å². The van der Waals surface area contributed by atoms with E-state index in [0.29, 0.717) is 23.1 Å². The highest BCUT2D eigenvalue weighted by Gasteiger charge is 2.27. The van der Waals surface area contributed by atoms with Crippen molar-refractivity contribution in [3.8, 4) is 0 Å². The van der Waals surface area contributed by atoms with Crippen LogP contribution in [-0.2, 0) is 11.2 Å². The smallest absolute Gasteiger partial charge is 0.254 e. The standard InChI is InChI=1S/C20H32N4O2/c1-14-18(20(26)22-15(2)21-14)12-19(25)23-16-8-7-11-24(13-16)17-9-5-3-4-6-10-17/h16-17H,3-13H2,1-2H3,(H,23,25)(H,21,22,26). The number of carbonyl (C=O) groups is 1. The van der Waals surface area contributed by atoms with Crippen LogP contribution in [0.2, 0.25) is 0 Å². The maximum atomic E-state index is 12.5. The van der Waals surface area contributed by atoms with E-state index in [-0.39, 0.29) is 23.9 Å². The van der Waals surface area contributed by atoms with Crippen molar-refractivity contribution in [2.24, 2.45) is 0 Å². The number of likely N-dealkylation sites (tertiary alicyclic amines) is 1. The Morgan fingerprint density at radius 2 is 1.88 bits per heavy atom. The highest BCUT2D eigenvalue weighted by molar-refractivity contribution is 5.79. The van der Waals surface area contributed by atoms with E-state index < -0.39 is 0 Å². The van der Waals surface area contributed by atoms with Crippen LogP contribution in [0.4, 0.5) is 0 Å². The van der Waals surface area contributed by atoms with Crippen LogP contribution in [0.3, 0.4) is 0 Å². The van der Waals surface area contributed by atoms with Gasteiger partial charge in [-0.1, -0.05) is 25.7 Å². The number of H-pyrrole nitrogens is 1. The second-order valence-corrected chi connectivity index (χ2v) is 7.94. The zero-order valence-electron chi connectivity index (χ0n) is 16.1. The Labute approximate surface area is 155 Å². The van der Waals surface area contributed by atoms with Crippen molar-refractivity contribution < 1.29 is 4.79 Å². The van der Waals surface area contributed by atoms with Gasteiger partial charge in [0.25, 0.3) is 5.56 Å². The Morgan fingerprint density at radius 1 is 1.15 bits per heavy atom. The molecule has 1 aliphatic carbocycles. The van der Waals surface area contributed by atoms with E-state index in [1.54, 1.807) is 13.8 Å². The number of rotatable bonds is 4. The number of hydrogen-bond donors (Lipinski definition) is 2. The molecule has 6 nitrogen and oxygen atoms in total. The number of hydrogen-bond acceptors (Lipinski definition) is 4. The third-order valence-corrected chi connectivity index (χ3v) is 5.84. The van der Waals surface area contributed by atoms with Gasteiger partial charge >= 0.3 is 0 Å². The molecule has 1 aliphatic heterocycles. The third kappa shape index (κ3) is 4.93. The second-order valence-electron chi connectivity index (χ2n) is 7.94. The molecule has 26 heavy (non-hydrogen) atoms. The lowest BCUT2D eigenvalue weighted by molar-refractivity contribution is -0.121. The van der Waals surface area contributed by atoms with Gasteiger partial charge in [0.15, 0.2) is 0 Å². The van der Waals surface area contributed by atoms with Crippen LogP contribution in [0, 0.1) is 13.8 Å². The van der Waals surface area contributed by atoms with Crippen LogP contribution in [0.25, 0.3) is 0 Å². The number of nitrogens with one attached hydrogen (secondary N) is 2. The minimum atomic E-state index is -0.200. The average molecular weight is 361 g/mol. The summed E-state index contributed by atoms with van der Waals surface area (Å²) < 4.78 is 0. The van der Waals surface area contributed by atoms with Gasteiger partial charge in [0.1, 0.15) is 5.82 Å². The van der Waals surface area contributed by atoms with Crippen LogP contribution in [-0.4, -0.2) is 45.9 Å². The number of aryl methyl sites for hydroxylation is 2. The summed E-state index contributed by atoms with van der Waals surface area (Å²) in [5.41, 5.74) is 0.920. The fraction of sp³-hybridized carbons (Fsp3) is 0.750. The molecule has 2 N–H and O–H groups in total. The van der Waals surface area contributed by atoms with E-state index in [1.165, 1.54) is 38.5 Å². The molecular weight excluding hydrogens is 328 g/mol.